The molecule has 4 unspecified atom stereocenters. The normalized spacial score (nSPS) is 37.7. The van der Waals surface area contributed by atoms with E-state index in [-0.39, 0.29) is 23.8 Å². The SMILES string of the molecule is CCC([OH2+])N1C(C)C[C@@H](O)[C@@H](C)C1C(C)(N)C(C)=O. The Bertz CT molecular complexity index is 333. The van der Waals surface area contributed by atoms with E-state index in [1.54, 1.807) is 6.92 Å². The third-order valence-corrected chi connectivity index (χ3v) is 4.64. The van der Waals surface area contributed by atoms with E-state index in [1.807, 2.05) is 25.7 Å². The molecule has 1 aliphatic heterocycles. The Morgan fingerprint density at radius 1 is 1.58 bits per heavy atom. The summed E-state index contributed by atoms with van der Waals surface area (Å²) in [5.74, 6) is -0.214. The molecule has 1 saturated heterocycles. The van der Waals surface area contributed by atoms with Crippen LogP contribution < -0.4 is 5.73 Å². The monoisotopic (exact) mass is 273 g/mol. The number of aliphatic hydroxyl groups excluding tert-OH is 1. The van der Waals surface area contributed by atoms with Crippen LogP contribution in [0.15, 0.2) is 0 Å². The van der Waals surface area contributed by atoms with Crippen molar-refractivity contribution in [1.29, 1.82) is 0 Å². The number of aliphatic hydroxyl groups is 1. The van der Waals surface area contributed by atoms with Gasteiger partial charge in [-0.15, -0.1) is 0 Å². The van der Waals surface area contributed by atoms with Crippen molar-refractivity contribution in [2.75, 3.05) is 0 Å². The largest absolute Gasteiger partial charge is 0.431 e. The molecule has 0 aromatic heterocycles. The summed E-state index contributed by atoms with van der Waals surface area (Å²) in [6, 6.07) is -0.243. The van der Waals surface area contributed by atoms with E-state index in [9.17, 15) is 9.90 Å². The molecule has 19 heavy (non-hydrogen) atoms. The highest BCUT2D eigenvalue weighted by Gasteiger charge is 2.51. The highest BCUT2D eigenvalue weighted by atomic mass is 16.3. The van der Waals surface area contributed by atoms with Crippen LogP contribution in [-0.2, 0) is 4.79 Å². The third-order valence-electron chi connectivity index (χ3n) is 4.64. The third kappa shape index (κ3) is 2.99. The average Bonchev–Trinajstić information content (AvgIpc) is 2.31. The Labute approximate surface area is 115 Å². The standard InChI is InChI=1S/C14H28N2O3/c1-6-12(19)16-8(2)7-11(18)9(3)13(16)14(5,15)10(4)17/h8-9,11-13,18-19H,6-7,15H2,1-5H3/p+1/t8?,9-,11-,12?,13?,14?/m1/s1. The minimum absolute atomic E-state index is 0.0564. The molecule has 6 atom stereocenters. The zero-order chi connectivity index (χ0) is 15.0. The molecule has 0 aromatic carbocycles. The molecule has 0 bridgehead atoms. The number of nitrogens with two attached hydrogens (primary N) is 1. The van der Waals surface area contributed by atoms with Gasteiger partial charge in [-0.1, -0.05) is 13.8 Å². The van der Waals surface area contributed by atoms with E-state index in [0.29, 0.717) is 12.8 Å². The lowest BCUT2D eigenvalue weighted by Gasteiger charge is -2.51. The van der Waals surface area contributed by atoms with E-state index in [0.717, 1.165) is 0 Å². The van der Waals surface area contributed by atoms with Gasteiger partial charge in [0.05, 0.1) is 11.6 Å². The average molecular weight is 273 g/mol. The maximum Gasteiger partial charge on any atom is 0.213 e. The topological polar surface area (TPSA) is 89.5 Å². The molecular formula is C14H29N2O3+. The van der Waals surface area contributed by atoms with Crippen molar-refractivity contribution in [3.63, 3.8) is 0 Å². The minimum Gasteiger partial charge on any atom is -0.431 e. The summed E-state index contributed by atoms with van der Waals surface area (Å²) in [5.41, 5.74) is 5.21. The van der Waals surface area contributed by atoms with Gasteiger partial charge in [-0.3, -0.25) is 4.79 Å². The van der Waals surface area contributed by atoms with Crippen molar-refractivity contribution in [2.24, 2.45) is 11.7 Å². The highest BCUT2D eigenvalue weighted by molar-refractivity contribution is 5.86. The minimum atomic E-state index is -1.04. The summed E-state index contributed by atoms with van der Waals surface area (Å²) < 4.78 is 0. The highest BCUT2D eigenvalue weighted by Crippen LogP contribution is 2.35. The second-order valence-electron chi connectivity index (χ2n) is 6.17. The molecule has 1 fully saturated rings. The predicted molar refractivity (Wildman–Crippen MR) is 75.8 cm³/mol. The van der Waals surface area contributed by atoms with Crippen LogP contribution in [0.4, 0.5) is 0 Å². The number of ketones is 1. The number of piperidine rings is 1. The fourth-order valence-electron chi connectivity index (χ4n) is 3.22. The lowest BCUT2D eigenvalue weighted by atomic mass is 9.73. The van der Waals surface area contributed by atoms with Crippen molar-refractivity contribution >= 4 is 5.78 Å². The Morgan fingerprint density at radius 3 is 2.53 bits per heavy atom. The molecule has 0 radical (unpaired) electrons. The van der Waals surface area contributed by atoms with Crippen LogP contribution in [0.1, 0.15) is 47.5 Å². The Balaban J connectivity index is 3.19. The smallest absolute Gasteiger partial charge is 0.213 e. The zero-order valence-corrected chi connectivity index (χ0v) is 12.7. The van der Waals surface area contributed by atoms with Gasteiger partial charge in [0, 0.05) is 24.4 Å². The van der Waals surface area contributed by atoms with Crippen LogP contribution in [0.3, 0.4) is 0 Å². The molecule has 0 aliphatic carbocycles. The van der Waals surface area contributed by atoms with Gasteiger partial charge in [0.15, 0.2) is 5.78 Å². The van der Waals surface area contributed by atoms with Crippen LogP contribution in [-0.4, -0.2) is 50.9 Å². The summed E-state index contributed by atoms with van der Waals surface area (Å²) in [4.78, 5) is 13.9. The molecule has 5 nitrogen and oxygen atoms in total. The molecule has 1 heterocycles. The Morgan fingerprint density at radius 2 is 2.11 bits per heavy atom. The maximum atomic E-state index is 11.9. The van der Waals surface area contributed by atoms with Crippen LogP contribution >= 0.6 is 0 Å². The molecular weight excluding hydrogens is 244 g/mol. The van der Waals surface area contributed by atoms with E-state index < -0.39 is 17.9 Å². The molecule has 0 saturated carbocycles. The molecule has 0 amide bonds. The van der Waals surface area contributed by atoms with Gasteiger partial charge in [0.2, 0.25) is 6.23 Å². The van der Waals surface area contributed by atoms with E-state index >= 15 is 0 Å². The number of hydrogen-bond donors (Lipinski definition) is 2. The number of likely N-dealkylation sites (tertiary alicyclic amines) is 1. The number of carbonyl (C=O) groups excluding carboxylic acids is 1. The van der Waals surface area contributed by atoms with Crippen molar-refractivity contribution < 1.29 is 15.0 Å². The molecule has 0 aromatic rings. The van der Waals surface area contributed by atoms with Crippen LogP contribution in [0.5, 0.6) is 0 Å². The fourth-order valence-corrected chi connectivity index (χ4v) is 3.22. The lowest BCUT2D eigenvalue weighted by molar-refractivity contribution is -0.149. The molecule has 1 aliphatic rings. The van der Waals surface area contributed by atoms with Gasteiger partial charge in [-0.25, -0.2) is 4.90 Å². The number of carbonyl (C=O) groups is 1. The maximum absolute atomic E-state index is 11.9. The quantitative estimate of drug-likeness (QED) is 0.717. The first-order chi connectivity index (χ1) is 8.64. The second-order valence-corrected chi connectivity index (χ2v) is 6.17. The van der Waals surface area contributed by atoms with Crippen molar-refractivity contribution in [1.82, 2.24) is 4.90 Å². The first kappa shape index (κ1) is 16.6. The molecule has 0 spiro atoms. The van der Waals surface area contributed by atoms with Gasteiger partial charge in [0.25, 0.3) is 0 Å². The van der Waals surface area contributed by atoms with Gasteiger partial charge in [0.1, 0.15) is 0 Å². The Hall–Kier alpha value is -0.490. The van der Waals surface area contributed by atoms with Gasteiger partial charge < -0.3 is 15.9 Å². The van der Waals surface area contributed by atoms with Crippen molar-refractivity contribution in [2.45, 2.75) is 77.4 Å². The van der Waals surface area contributed by atoms with Gasteiger partial charge in [-0.05, 0) is 27.2 Å². The van der Waals surface area contributed by atoms with Crippen LogP contribution in [0, 0.1) is 5.92 Å². The van der Waals surface area contributed by atoms with E-state index in [1.165, 1.54) is 6.92 Å². The second kappa shape index (κ2) is 5.87. The zero-order valence-electron chi connectivity index (χ0n) is 12.7. The number of rotatable bonds is 4. The molecule has 112 valence electrons. The van der Waals surface area contributed by atoms with Gasteiger partial charge >= 0.3 is 0 Å². The van der Waals surface area contributed by atoms with E-state index in [4.69, 9.17) is 10.8 Å². The lowest BCUT2D eigenvalue weighted by Crippen LogP contribution is -2.70. The predicted octanol–water partition coefficient (Wildman–Crippen LogP) is 0.213. The van der Waals surface area contributed by atoms with Crippen LogP contribution in [0.2, 0.25) is 0 Å². The molecule has 5 heteroatoms. The fraction of sp³-hybridized carbons (Fsp3) is 0.929. The number of Topliss-reactive ketones (excluding diaryl/α,β-unsaturated/α-hetero) is 1. The summed E-state index contributed by atoms with van der Waals surface area (Å²) >= 11 is 0. The number of hydrogen-bond acceptors (Lipinski definition) is 4. The molecule has 1 rings (SSSR count). The summed E-state index contributed by atoms with van der Waals surface area (Å²) in [5, 5.41) is 18.4. The van der Waals surface area contributed by atoms with Crippen molar-refractivity contribution in [3.8, 4) is 0 Å². The Kier molecular flexibility index (Phi) is 5.12. The van der Waals surface area contributed by atoms with Gasteiger partial charge in [-0.2, -0.15) is 0 Å². The summed E-state index contributed by atoms with van der Waals surface area (Å²) in [6.07, 6.45) is 0.443. The summed E-state index contributed by atoms with van der Waals surface area (Å²) in [6.45, 7) is 9.08. The first-order valence-electron chi connectivity index (χ1n) is 7.11. The van der Waals surface area contributed by atoms with Crippen LogP contribution in [0.25, 0.3) is 0 Å². The van der Waals surface area contributed by atoms with E-state index in [2.05, 4.69) is 0 Å². The molecule has 5 N–H and O–H groups in total. The first-order valence-corrected chi connectivity index (χ1v) is 7.11. The van der Waals surface area contributed by atoms with Crippen molar-refractivity contribution in [3.05, 3.63) is 0 Å². The number of nitrogens with zero attached hydrogens (tertiary/aromatic N) is 1. The summed E-state index contributed by atoms with van der Waals surface area (Å²) in [7, 11) is 0.